The standard InChI is InChI=1S/C14H29NO2/c1-12(2)10-15(8-9-17-3)11-14(16)13-6-4-5-7-13/h12-14,16H,4-11H2,1-3H3. The number of rotatable bonds is 8. The summed E-state index contributed by atoms with van der Waals surface area (Å²) >= 11 is 0. The molecule has 0 spiro atoms. The van der Waals surface area contributed by atoms with Crippen LogP contribution in [0.4, 0.5) is 0 Å². The molecular weight excluding hydrogens is 214 g/mol. The van der Waals surface area contributed by atoms with Gasteiger partial charge in [0.15, 0.2) is 0 Å². The van der Waals surface area contributed by atoms with E-state index < -0.39 is 0 Å². The minimum atomic E-state index is -0.145. The van der Waals surface area contributed by atoms with E-state index in [1.165, 1.54) is 25.7 Å². The summed E-state index contributed by atoms with van der Waals surface area (Å²) in [5.41, 5.74) is 0. The number of aliphatic hydroxyl groups excluding tert-OH is 1. The maximum atomic E-state index is 10.2. The molecule has 0 aromatic heterocycles. The topological polar surface area (TPSA) is 32.7 Å². The van der Waals surface area contributed by atoms with Gasteiger partial charge in [-0.15, -0.1) is 0 Å². The van der Waals surface area contributed by atoms with E-state index in [-0.39, 0.29) is 6.10 Å². The number of hydrogen-bond acceptors (Lipinski definition) is 3. The first-order valence-electron chi connectivity index (χ1n) is 7.02. The smallest absolute Gasteiger partial charge is 0.0695 e. The molecule has 0 amide bonds. The van der Waals surface area contributed by atoms with Gasteiger partial charge in [0, 0.05) is 26.7 Å². The van der Waals surface area contributed by atoms with Gasteiger partial charge in [0.05, 0.1) is 12.7 Å². The van der Waals surface area contributed by atoms with Crippen LogP contribution in [0.5, 0.6) is 0 Å². The predicted molar refractivity (Wildman–Crippen MR) is 71.1 cm³/mol. The van der Waals surface area contributed by atoms with Gasteiger partial charge in [0.2, 0.25) is 0 Å². The average molecular weight is 243 g/mol. The van der Waals surface area contributed by atoms with Gasteiger partial charge in [-0.05, 0) is 24.7 Å². The average Bonchev–Trinajstić information content (AvgIpc) is 2.78. The second-order valence-corrected chi connectivity index (χ2v) is 5.76. The van der Waals surface area contributed by atoms with E-state index in [1.54, 1.807) is 7.11 Å². The van der Waals surface area contributed by atoms with E-state index in [0.29, 0.717) is 11.8 Å². The summed E-state index contributed by atoms with van der Waals surface area (Å²) in [6.07, 6.45) is 4.86. The highest BCUT2D eigenvalue weighted by Gasteiger charge is 2.24. The SMILES string of the molecule is COCCN(CC(C)C)CC(O)C1CCCC1. The quantitative estimate of drug-likeness (QED) is 0.709. The summed E-state index contributed by atoms with van der Waals surface area (Å²) < 4.78 is 5.14. The van der Waals surface area contributed by atoms with Crippen LogP contribution >= 0.6 is 0 Å². The molecule has 0 aromatic rings. The summed E-state index contributed by atoms with van der Waals surface area (Å²) in [6.45, 7) is 7.99. The third-order valence-electron chi connectivity index (χ3n) is 3.62. The van der Waals surface area contributed by atoms with Crippen LogP contribution < -0.4 is 0 Å². The van der Waals surface area contributed by atoms with Crippen LogP contribution in [0.15, 0.2) is 0 Å². The number of nitrogens with zero attached hydrogens (tertiary/aromatic N) is 1. The van der Waals surface area contributed by atoms with Crippen LogP contribution in [0.25, 0.3) is 0 Å². The van der Waals surface area contributed by atoms with Gasteiger partial charge in [0.1, 0.15) is 0 Å². The van der Waals surface area contributed by atoms with Crippen LogP contribution in [-0.4, -0.2) is 49.5 Å². The molecular formula is C14H29NO2. The highest BCUT2D eigenvalue weighted by Crippen LogP contribution is 2.28. The molecule has 3 heteroatoms. The lowest BCUT2D eigenvalue weighted by Gasteiger charge is -2.28. The van der Waals surface area contributed by atoms with Crippen LogP contribution in [0.2, 0.25) is 0 Å². The molecule has 1 aliphatic carbocycles. The van der Waals surface area contributed by atoms with Crippen molar-refractivity contribution < 1.29 is 9.84 Å². The third-order valence-corrected chi connectivity index (χ3v) is 3.62. The van der Waals surface area contributed by atoms with Gasteiger partial charge in [-0.1, -0.05) is 26.7 Å². The second kappa shape index (κ2) is 8.06. The van der Waals surface area contributed by atoms with Crippen molar-refractivity contribution in [1.82, 2.24) is 4.90 Å². The molecule has 1 N–H and O–H groups in total. The first-order valence-corrected chi connectivity index (χ1v) is 7.02. The zero-order valence-corrected chi connectivity index (χ0v) is 11.7. The van der Waals surface area contributed by atoms with E-state index >= 15 is 0 Å². The van der Waals surface area contributed by atoms with Gasteiger partial charge in [-0.25, -0.2) is 0 Å². The molecule has 1 atom stereocenters. The number of methoxy groups -OCH3 is 1. The monoisotopic (exact) mass is 243 g/mol. The van der Waals surface area contributed by atoms with Crippen LogP contribution in [-0.2, 0) is 4.74 Å². The minimum Gasteiger partial charge on any atom is -0.392 e. The highest BCUT2D eigenvalue weighted by molar-refractivity contribution is 4.77. The fraction of sp³-hybridized carbons (Fsp3) is 1.00. The van der Waals surface area contributed by atoms with Crippen LogP contribution in [0.3, 0.4) is 0 Å². The lowest BCUT2D eigenvalue weighted by molar-refractivity contribution is 0.0495. The van der Waals surface area contributed by atoms with Crippen LogP contribution in [0, 0.1) is 11.8 Å². The van der Waals surface area contributed by atoms with E-state index in [0.717, 1.165) is 26.2 Å². The van der Waals surface area contributed by atoms with Crippen molar-refractivity contribution in [2.75, 3.05) is 33.4 Å². The Bertz CT molecular complexity index is 191. The molecule has 1 aliphatic rings. The Morgan fingerprint density at radius 3 is 2.41 bits per heavy atom. The number of ether oxygens (including phenoxy) is 1. The van der Waals surface area contributed by atoms with Crippen molar-refractivity contribution in [2.24, 2.45) is 11.8 Å². The fourth-order valence-corrected chi connectivity index (χ4v) is 2.75. The van der Waals surface area contributed by atoms with Crippen molar-refractivity contribution in [3.8, 4) is 0 Å². The molecule has 1 saturated carbocycles. The minimum absolute atomic E-state index is 0.145. The first-order chi connectivity index (χ1) is 8.13. The molecule has 0 saturated heterocycles. The lowest BCUT2D eigenvalue weighted by Crippen LogP contribution is -2.39. The Labute approximate surface area is 106 Å². The largest absolute Gasteiger partial charge is 0.392 e. The first kappa shape index (κ1) is 14.9. The van der Waals surface area contributed by atoms with Crippen molar-refractivity contribution in [1.29, 1.82) is 0 Å². The van der Waals surface area contributed by atoms with Crippen molar-refractivity contribution in [3.63, 3.8) is 0 Å². The fourth-order valence-electron chi connectivity index (χ4n) is 2.75. The molecule has 3 nitrogen and oxygen atoms in total. The Morgan fingerprint density at radius 1 is 1.24 bits per heavy atom. The zero-order valence-electron chi connectivity index (χ0n) is 11.7. The molecule has 0 aliphatic heterocycles. The maximum Gasteiger partial charge on any atom is 0.0695 e. The van der Waals surface area contributed by atoms with Crippen molar-refractivity contribution in [3.05, 3.63) is 0 Å². The Kier molecular flexibility index (Phi) is 7.09. The summed E-state index contributed by atoms with van der Waals surface area (Å²) in [4.78, 5) is 2.34. The maximum absolute atomic E-state index is 10.2. The molecule has 0 aromatic carbocycles. The van der Waals surface area contributed by atoms with Gasteiger partial charge in [-0.3, -0.25) is 4.90 Å². The molecule has 1 unspecified atom stereocenters. The van der Waals surface area contributed by atoms with Gasteiger partial charge in [0.25, 0.3) is 0 Å². The Balaban J connectivity index is 2.34. The van der Waals surface area contributed by atoms with E-state index in [1.807, 2.05) is 0 Å². The van der Waals surface area contributed by atoms with E-state index in [2.05, 4.69) is 18.7 Å². The van der Waals surface area contributed by atoms with Gasteiger partial charge >= 0.3 is 0 Å². The molecule has 1 rings (SSSR count). The molecule has 17 heavy (non-hydrogen) atoms. The summed E-state index contributed by atoms with van der Waals surface area (Å²) in [7, 11) is 1.74. The summed E-state index contributed by atoms with van der Waals surface area (Å²) in [5, 5.41) is 10.2. The summed E-state index contributed by atoms with van der Waals surface area (Å²) in [5.74, 6) is 1.18. The summed E-state index contributed by atoms with van der Waals surface area (Å²) in [6, 6.07) is 0. The Morgan fingerprint density at radius 2 is 1.88 bits per heavy atom. The van der Waals surface area contributed by atoms with Gasteiger partial charge < -0.3 is 9.84 Å². The van der Waals surface area contributed by atoms with Gasteiger partial charge in [-0.2, -0.15) is 0 Å². The zero-order chi connectivity index (χ0) is 12.7. The molecule has 0 heterocycles. The molecule has 1 fully saturated rings. The third kappa shape index (κ3) is 5.84. The molecule has 0 bridgehead atoms. The lowest BCUT2D eigenvalue weighted by atomic mass is 10.00. The highest BCUT2D eigenvalue weighted by atomic mass is 16.5. The van der Waals surface area contributed by atoms with Crippen molar-refractivity contribution in [2.45, 2.75) is 45.6 Å². The Hall–Kier alpha value is -0.120. The number of hydrogen-bond donors (Lipinski definition) is 1. The van der Waals surface area contributed by atoms with Crippen LogP contribution in [0.1, 0.15) is 39.5 Å². The van der Waals surface area contributed by atoms with E-state index in [9.17, 15) is 5.11 Å². The number of aliphatic hydroxyl groups is 1. The normalized spacial score (nSPS) is 19.4. The predicted octanol–water partition coefficient (Wildman–Crippen LogP) is 2.14. The van der Waals surface area contributed by atoms with Crippen molar-refractivity contribution >= 4 is 0 Å². The molecule has 0 radical (unpaired) electrons. The molecule has 102 valence electrons. The van der Waals surface area contributed by atoms with E-state index in [4.69, 9.17) is 4.74 Å². The second-order valence-electron chi connectivity index (χ2n) is 5.76.